The minimum absolute atomic E-state index is 0.156. The molecule has 0 saturated carbocycles. The summed E-state index contributed by atoms with van der Waals surface area (Å²) in [5.74, 6) is -0.736. The van der Waals surface area contributed by atoms with E-state index in [-0.39, 0.29) is 27.4 Å². The second-order valence-electron chi connectivity index (χ2n) is 5.51. The highest BCUT2D eigenvalue weighted by Gasteiger charge is 2.23. The lowest BCUT2D eigenvalue weighted by molar-refractivity contribution is 0.0950. The Morgan fingerprint density at radius 3 is 2.16 bits per heavy atom. The fourth-order valence-corrected chi connectivity index (χ4v) is 3.10. The molecule has 126 valence electrons. The summed E-state index contributed by atoms with van der Waals surface area (Å²) >= 11 is 3.27. The van der Waals surface area contributed by atoms with Gasteiger partial charge in [0, 0.05) is 18.2 Å². The van der Waals surface area contributed by atoms with Gasteiger partial charge in [-0.25, -0.2) is 0 Å². The zero-order valence-corrected chi connectivity index (χ0v) is 14.8. The molecule has 3 aromatic rings. The second-order valence-corrected chi connectivity index (χ2v) is 6.31. The normalized spacial score (nSPS) is 10.4. The molecule has 0 fully saturated rings. The zero-order valence-electron chi connectivity index (χ0n) is 13.2. The minimum atomic E-state index is -0.388. The fourth-order valence-electron chi connectivity index (χ4n) is 2.61. The van der Waals surface area contributed by atoms with Gasteiger partial charge < -0.3 is 15.5 Å². The van der Waals surface area contributed by atoms with Crippen molar-refractivity contribution < 1.29 is 15.0 Å². The van der Waals surface area contributed by atoms with Crippen molar-refractivity contribution in [2.45, 2.75) is 6.54 Å². The van der Waals surface area contributed by atoms with Gasteiger partial charge in [-0.3, -0.25) is 4.79 Å². The van der Waals surface area contributed by atoms with Gasteiger partial charge in [-0.2, -0.15) is 0 Å². The largest absolute Gasteiger partial charge is 0.507 e. The lowest BCUT2D eigenvalue weighted by Gasteiger charge is -2.15. The van der Waals surface area contributed by atoms with E-state index in [1.807, 2.05) is 48.5 Å². The molecule has 3 N–H and O–H groups in total. The van der Waals surface area contributed by atoms with E-state index in [0.29, 0.717) is 17.7 Å². The van der Waals surface area contributed by atoms with Crippen molar-refractivity contribution in [3.8, 4) is 22.6 Å². The first-order valence-corrected chi connectivity index (χ1v) is 8.49. The van der Waals surface area contributed by atoms with Gasteiger partial charge in [-0.1, -0.05) is 60.7 Å². The molecule has 0 radical (unpaired) electrons. The summed E-state index contributed by atoms with van der Waals surface area (Å²) in [6.07, 6.45) is 0. The molecule has 0 aromatic heterocycles. The number of benzene rings is 3. The van der Waals surface area contributed by atoms with Crippen LogP contribution in [0.15, 0.2) is 71.2 Å². The van der Waals surface area contributed by atoms with Gasteiger partial charge >= 0.3 is 0 Å². The van der Waals surface area contributed by atoms with Crippen LogP contribution in [0.5, 0.6) is 11.5 Å². The number of nitrogens with one attached hydrogen (secondary N) is 1. The molecule has 0 unspecified atom stereocenters. The van der Waals surface area contributed by atoms with Gasteiger partial charge in [-0.05, 0) is 27.1 Å². The maximum Gasteiger partial charge on any atom is 0.253 e. The van der Waals surface area contributed by atoms with Crippen LogP contribution in [-0.2, 0) is 6.54 Å². The zero-order chi connectivity index (χ0) is 17.8. The molecule has 0 aliphatic carbocycles. The predicted molar refractivity (Wildman–Crippen MR) is 101 cm³/mol. The highest BCUT2D eigenvalue weighted by Crippen LogP contribution is 2.42. The van der Waals surface area contributed by atoms with Gasteiger partial charge in [0.05, 0.1) is 10.0 Å². The Morgan fingerprint density at radius 2 is 1.52 bits per heavy atom. The molecule has 25 heavy (non-hydrogen) atoms. The number of carbonyl (C=O) groups excluding carboxylic acids is 1. The Labute approximate surface area is 153 Å². The van der Waals surface area contributed by atoms with Crippen molar-refractivity contribution in [3.63, 3.8) is 0 Å². The molecule has 0 heterocycles. The first-order chi connectivity index (χ1) is 12.1. The van der Waals surface area contributed by atoms with Crippen LogP contribution >= 0.6 is 15.9 Å². The van der Waals surface area contributed by atoms with E-state index in [1.165, 1.54) is 6.07 Å². The van der Waals surface area contributed by atoms with E-state index in [9.17, 15) is 15.0 Å². The van der Waals surface area contributed by atoms with Crippen LogP contribution in [0.3, 0.4) is 0 Å². The summed E-state index contributed by atoms with van der Waals surface area (Å²) in [5.41, 5.74) is 2.21. The number of phenols is 2. The van der Waals surface area contributed by atoms with E-state index < -0.39 is 0 Å². The summed E-state index contributed by atoms with van der Waals surface area (Å²) in [6.45, 7) is 0.344. The van der Waals surface area contributed by atoms with Crippen molar-refractivity contribution in [1.29, 1.82) is 0 Å². The van der Waals surface area contributed by atoms with Crippen LogP contribution < -0.4 is 5.32 Å². The maximum absolute atomic E-state index is 12.8. The average Bonchev–Trinajstić information content (AvgIpc) is 2.64. The lowest BCUT2D eigenvalue weighted by Crippen LogP contribution is -2.24. The van der Waals surface area contributed by atoms with Crippen LogP contribution in [0, 0.1) is 0 Å². The number of phenolic OH excluding ortho intramolecular Hbond substituents is 2. The van der Waals surface area contributed by atoms with Crippen molar-refractivity contribution >= 4 is 21.8 Å². The third-order valence-corrected chi connectivity index (χ3v) is 4.61. The molecule has 4 nitrogen and oxygen atoms in total. The monoisotopic (exact) mass is 397 g/mol. The minimum Gasteiger partial charge on any atom is -0.507 e. The summed E-state index contributed by atoms with van der Waals surface area (Å²) in [4.78, 5) is 12.8. The van der Waals surface area contributed by atoms with Crippen molar-refractivity contribution in [2.24, 2.45) is 0 Å². The van der Waals surface area contributed by atoms with Crippen molar-refractivity contribution in [1.82, 2.24) is 5.32 Å². The average molecular weight is 398 g/mol. The first kappa shape index (κ1) is 17.0. The van der Waals surface area contributed by atoms with Crippen LogP contribution in [0.2, 0.25) is 0 Å². The molecule has 3 rings (SSSR count). The van der Waals surface area contributed by atoms with Gasteiger partial charge in [0.1, 0.15) is 11.5 Å². The number of rotatable bonds is 4. The van der Waals surface area contributed by atoms with Gasteiger partial charge in [0.25, 0.3) is 5.91 Å². The van der Waals surface area contributed by atoms with Gasteiger partial charge in [-0.15, -0.1) is 0 Å². The van der Waals surface area contributed by atoms with Crippen LogP contribution in [-0.4, -0.2) is 16.1 Å². The van der Waals surface area contributed by atoms with Crippen molar-refractivity contribution in [3.05, 3.63) is 82.3 Å². The molecule has 1 amide bonds. The van der Waals surface area contributed by atoms with Gasteiger partial charge in [0.2, 0.25) is 0 Å². The Morgan fingerprint density at radius 1 is 0.920 bits per heavy atom. The van der Waals surface area contributed by atoms with Crippen LogP contribution in [0.4, 0.5) is 0 Å². The molecular weight excluding hydrogens is 382 g/mol. The number of hydrogen-bond donors (Lipinski definition) is 3. The van der Waals surface area contributed by atoms with E-state index in [2.05, 4.69) is 21.2 Å². The smallest absolute Gasteiger partial charge is 0.253 e. The van der Waals surface area contributed by atoms with E-state index in [0.717, 1.165) is 5.56 Å². The first-order valence-electron chi connectivity index (χ1n) is 7.70. The molecule has 0 bridgehead atoms. The topological polar surface area (TPSA) is 69.6 Å². The van der Waals surface area contributed by atoms with E-state index >= 15 is 0 Å². The van der Waals surface area contributed by atoms with Gasteiger partial charge in [0.15, 0.2) is 0 Å². The molecule has 0 aliphatic heterocycles. The second kappa shape index (κ2) is 7.40. The summed E-state index contributed by atoms with van der Waals surface area (Å²) in [5, 5.41) is 23.2. The molecule has 0 aliphatic rings. The number of amides is 1. The van der Waals surface area contributed by atoms with Crippen molar-refractivity contribution in [2.75, 3.05) is 0 Å². The number of halogens is 1. The Kier molecular flexibility index (Phi) is 5.05. The molecule has 3 aromatic carbocycles. The molecule has 0 saturated heterocycles. The molecule has 0 atom stereocenters. The Bertz CT molecular complexity index is 896. The predicted octanol–water partition coefficient (Wildman–Crippen LogP) is 4.46. The summed E-state index contributed by atoms with van der Waals surface area (Å²) in [6, 6.07) is 19.8. The lowest BCUT2D eigenvalue weighted by atomic mass is 9.97. The Balaban J connectivity index is 2.00. The third kappa shape index (κ3) is 3.67. The number of aromatic hydroxyl groups is 2. The molecular formula is C20H16BrNO3. The summed E-state index contributed by atoms with van der Waals surface area (Å²) < 4.78 is 0.245. The molecule has 0 spiro atoms. The standard InChI is InChI=1S/C20H16BrNO3/c21-19-16(24)11-15(23)17(14-9-5-2-6-10-14)18(19)20(25)22-12-13-7-3-1-4-8-13/h1-11,23-24H,12H2,(H,22,25). The SMILES string of the molecule is O=C(NCc1ccccc1)c1c(Br)c(O)cc(O)c1-c1ccccc1. The molecule has 5 heteroatoms. The fraction of sp³-hybridized carbons (Fsp3) is 0.0500. The van der Waals surface area contributed by atoms with E-state index in [1.54, 1.807) is 12.1 Å². The van der Waals surface area contributed by atoms with Crippen LogP contribution in [0.25, 0.3) is 11.1 Å². The maximum atomic E-state index is 12.8. The summed E-state index contributed by atoms with van der Waals surface area (Å²) in [7, 11) is 0. The highest BCUT2D eigenvalue weighted by molar-refractivity contribution is 9.10. The van der Waals surface area contributed by atoms with E-state index in [4.69, 9.17) is 0 Å². The number of hydrogen-bond acceptors (Lipinski definition) is 3. The van der Waals surface area contributed by atoms with Crippen LogP contribution in [0.1, 0.15) is 15.9 Å². The quantitative estimate of drug-likeness (QED) is 0.608. The highest BCUT2D eigenvalue weighted by atomic mass is 79.9. The number of carbonyl (C=O) groups is 1. The Hall–Kier alpha value is -2.79. The third-order valence-electron chi connectivity index (χ3n) is 3.81.